The van der Waals surface area contributed by atoms with E-state index in [0.717, 1.165) is 25.8 Å². The molecule has 3 nitrogen and oxygen atoms in total. The second-order valence-corrected chi connectivity index (χ2v) is 3.28. The van der Waals surface area contributed by atoms with Crippen molar-refractivity contribution in [1.29, 1.82) is 0 Å². The molecule has 0 amide bonds. The van der Waals surface area contributed by atoms with E-state index in [1.165, 1.54) is 0 Å². The first-order chi connectivity index (χ1) is 4.76. The van der Waals surface area contributed by atoms with Crippen LogP contribution < -0.4 is 5.32 Å². The van der Waals surface area contributed by atoms with Gasteiger partial charge in [-0.2, -0.15) is 0 Å². The predicted molar refractivity (Wildman–Crippen MR) is 35.7 cm³/mol. The molecule has 1 saturated carbocycles. The summed E-state index contributed by atoms with van der Waals surface area (Å²) in [6, 6.07) is 0.291. The second-order valence-electron chi connectivity index (χ2n) is 3.28. The fourth-order valence-electron chi connectivity index (χ4n) is 1.87. The number of rotatable bonds is 1. The van der Waals surface area contributed by atoms with Gasteiger partial charge in [-0.15, -0.1) is 0 Å². The lowest BCUT2D eigenvalue weighted by Crippen LogP contribution is -2.34. The molecule has 3 heteroatoms. The summed E-state index contributed by atoms with van der Waals surface area (Å²) in [7, 11) is 0. The van der Waals surface area contributed by atoms with E-state index in [9.17, 15) is 4.79 Å². The van der Waals surface area contributed by atoms with Crippen LogP contribution in [0, 0.1) is 5.41 Å². The molecular formula is C7H11NO2. The lowest BCUT2D eigenvalue weighted by atomic mass is 9.97. The minimum absolute atomic E-state index is 0.291. The molecule has 2 N–H and O–H groups in total. The Morgan fingerprint density at radius 3 is 3.00 bits per heavy atom. The maximum atomic E-state index is 10.7. The highest BCUT2D eigenvalue weighted by Gasteiger charge is 2.60. The topological polar surface area (TPSA) is 49.3 Å². The molecule has 2 fully saturated rings. The van der Waals surface area contributed by atoms with Gasteiger partial charge in [-0.05, 0) is 25.8 Å². The smallest absolute Gasteiger partial charge is 0.311 e. The molecule has 0 aromatic carbocycles. The van der Waals surface area contributed by atoms with Gasteiger partial charge in [-0.25, -0.2) is 0 Å². The average Bonchev–Trinajstić information content (AvgIpc) is 2.61. The summed E-state index contributed by atoms with van der Waals surface area (Å²) in [5.41, 5.74) is -0.349. The van der Waals surface area contributed by atoms with Gasteiger partial charge in [0, 0.05) is 6.04 Å². The summed E-state index contributed by atoms with van der Waals surface area (Å²) in [5.74, 6) is -0.607. The molecule has 0 aromatic rings. The lowest BCUT2D eigenvalue weighted by Gasteiger charge is -2.17. The normalized spacial score (nSPS) is 44.2. The van der Waals surface area contributed by atoms with Crippen molar-refractivity contribution in [2.75, 3.05) is 6.54 Å². The van der Waals surface area contributed by atoms with Crippen LogP contribution in [0.1, 0.15) is 19.3 Å². The average molecular weight is 141 g/mol. The molecule has 2 rings (SSSR count). The Hall–Kier alpha value is -0.570. The standard InChI is InChI=1S/C7H11NO2/c9-6(10)7-2-1-3-8-5(7)4-7/h5,8H,1-4H2,(H,9,10). The van der Waals surface area contributed by atoms with E-state index in [4.69, 9.17) is 5.11 Å². The van der Waals surface area contributed by atoms with Gasteiger partial charge in [0.15, 0.2) is 0 Å². The number of carbonyl (C=O) groups is 1. The summed E-state index contributed by atoms with van der Waals surface area (Å²) < 4.78 is 0. The summed E-state index contributed by atoms with van der Waals surface area (Å²) >= 11 is 0. The maximum Gasteiger partial charge on any atom is 0.311 e. The highest BCUT2D eigenvalue weighted by atomic mass is 16.4. The Morgan fingerprint density at radius 2 is 2.50 bits per heavy atom. The van der Waals surface area contributed by atoms with Gasteiger partial charge < -0.3 is 10.4 Å². The molecule has 0 bridgehead atoms. The van der Waals surface area contributed by atoms with Crippen molar-refractivity contribution >= 4 is 5.97 Å². The third-order valence-electron chi connectivity index (χ3n) is 2.69. The van der Waals surface area contributed by atoms with Crippen molar-refractivity contribution < 1.29 is 9.90 Å². The first-order valence-corrected chi connectivity index (χ1v) is 3.72. The van der Waals surface area contributed by atoms with Crippen LogP contribution in [0.5, 0.6) is 0 Å². The molecule has 0 radical (unpaired) electrons. The van der Waals surface area contributed by atoms with E-state index >= 15 is 0 Å². The lowest BCUT2D eigenvalue weighted by molar-refractivity contribution is -0.144. The van der Waals surface area contributed by atoms with E-state index in [1.807, 2.05) is 0 Å². The molecule has 2 atom stereocenters. The van der Waals surface area contributed by atoms with Crippen molar-refractivity contribution in [1.82, 2.24) is 5.32 Å². The third-order valence-corrected chi connectivity index (χ3v) is 2.69. The van der Waals surface area contributed by atoms with Crippen LogP contribution in [-0.4, -0.2) is 23.7 Å². The van der Waals surface area contributed by atoms with E-state index in [2.05, 4.69) is 5.32 Å². The second kappa shape index (κ2) is 1.72. The third kappa shape index (κ3) is 0.611. The van der Waals surface area contributed by atoms with Crippen LogP contribution in [0.3, 0.4) is 0 Å². The van der Waals surface area contributed by atoms with E-state index < -0.39 is 5.97 Å². The van der Waals surface area contributed by atoms with Crippen molar-refractivity contribution in [3.63, 3.8) is 0 Å². The summed E-state index contributed by atoms with van der Waals surface area (Å²) in [5, 5.41) is 12.0. The zero-order valence-electron chi connectivity index (χ0n) is 5.76. The zero-order chi connectivity index (χ0) is 7.19. The first kappa shape index (κ1) is 6.16. The first-order valence-electron chi connectivity index (χ1n) is 3.72. The summed E-state index contributed by atoms with van der Waals surface area (Å²) in [6.45, 7) is 1.000. The number of hydrogen-bond donors (Lipinski definition) is 2. The Bertz CT molecular complexity index is 180. The van der Waals surface area contributed by atoms with Gasteiger partial charge in [0.25, 0.3) is 0 Å². The molecule has 1 heterocycles. The maximum absolute atomic E-state index is 10.7. The molecule has 2 unspecified atom stereocenters. The van der Waals surface area contributed by atoms with E-state index in [1.54, 1.807) is 0 Å². The van der Waals surface area contributed by atoms with Crippen molar-refractivity contribution in [2.45, 2.75) is 25.3 Å². The summed E-state index contributed by atoms with van der Waals surface area (Å²) in [4.78, 5) is 10.7. The highest BCUT2D eigenvalue weighted by Crippen LogP contribution is 2.51. The van der Waals surface area contributed by atoms with Crippen LogP contribution >= 0.6 is 0 Å². The van der Waals surface area contributed by atoms with Gasteiger partial charge >= 0.3 is 5.97 Å². The Labute approximate surface area is 59.4 Å². The van der Waals surface area contributed by atoms with Gasteiger partial charge in [0.1, 0.15) is 0 Å². The van der Waals surface area contributed by atoms with Crippen LogP contribution in [0.25, 0.3) is 0 Å². The van der Waals surface area contributed by atoms with Crippen LogP contribution in [0.15, 0.2) is 0 Å². The number of carboxylic acid groups (broad SMARTS) is 1. The molecule has 1 aliphatic heterocycles. The van der Waals surface area contributed by atoms with E-state index in [-0.39, 0.29) is 5.41 Å². The molecule has 2 aliphatic rings. The van der Waals surface area contributed by atoms with E-state index in [0.29, 0.717) is 6.04 Å². The molecule has 1 aliphatic carbocycles. The predicted octanol–water partition coefficient (Wildman–Crippen LogP) is 0.213. The van der Waals surface area contributed by atoms with Gasteiger partial charge in [-0.1, -0.05) is 0 Å². The van der Waals surface area contributed by atoms with Gasteiger partial charge in [-0.3, -0.25) is 4.79 Å². The van der Waals surface area contributed by atoms with Crippen molar-refractivity contribution in [3.05, 3.63) is 0 Å². The van der Waals surface area contributed by atoms with Crippen LogP contribution in [0.2, 0.25) is 0 Å². The number of aliphatic carboxylic acids is 1. The zero-order valence-corrected chi connectivity index (χ0v) is 5.76. The van der Waals surface area contributed by atoms with Gasteiger partial charge in [0.05, 0.1) is 5.41 Å². The largest absolute Gasteiger partial charge is 0.481 e. The molecule has 0 aromatic heterocycles. The SMILES string of the molecule is O=C(O)C12CCCNC1C2. The molecule has 0 spiro atoms. The van der Waals surface area contributed by atoms with Crippen molar-refractivity contribution in [2.24, 2.45) is 5.41 Å². The Morgan fingerprint density at radius 1 is 1.70 bits per heavy atom. The van der Waals surface area contributed by atoms with Gasteiger partial charge in [0.2, 0.25) is 0 Å². The van der Waals surface area contributed by atoms with Crippen molar-refractivity contribution in [3.8, 4) is 0 Å². The molecular weight excluding hydrogens is 130 g/mol. The van der Waals surface area contributed by atoms with Crippen LogP contribution in [-0.2, 0) is 4.79 Å². The summed E-state index contributed by atoms with van der Waals surface area (Å²) in [6.07, 6.45) is 2.74. The molecule has 1 saturated heterocycles. The number of carboxylic acids is 1. The number of fused-ring (bicyclic) bond motifs is 1. The number of nitrogens with one attached hydrogen (secondary N) is 1. The fraction of sp³-hybridized carbons (Fsp3) is 0.857. The number of piperidine rings is 1. The fourth-order valence-corrected chi connectivity index (χ4v) is 1.87. The number of hydrogen-bond acceptors (Lipinski definition) is 2. The molecule has 56 valence electrons. The minimum Gasteiger partial charge on any atom is -0.481 e. The Balaban J connectivity index is 2.12. The quantitative estimate of drug-likeness (QED) is 0.549. The van der Waals surface area contributed by atoms with Crippen LogP contribution in [0.4, 0.5) is 0 Å². The Kier molecular flexibility index (Phi) is 1.06. The highest BCUT2D eigenvalue weighted by molar-refractivity contribution is 5.79. The molecule has 10 heavy (non-hydrogen) atoms. The monoisotopic (exact) mass is 141 g/mol. The minimum atomic E-state index is -0.607.